The number of aromatic carboxylic acids is 1. The van der Waals surface area contributed by atoms with Gasteiger partial charge in [0, 0.05) is 0 Å². The molecule has 1 heterocycles. The molecule has 0 aliphatic carbocycles. The second-order valence-corrected chi connectivity index (χ2v) is 5.49. The summed E-state index contributed by atoms with van der Waals surface area (Å²) in [5.41, 5.74) is 2.35. The maximum absolute atomic E-state index is 12.7. The summed E-state index contributed by atoms with van der Waals surface area (Å²) in [6.45, 7) is 1.74. The van der Waals surface area contributed by atoms with E-state index < -0.39 is 5.97 Å². The summed E-state index contributed by atoms with van der Waals surface area (Å²) in [7, 11) is 1.58. The van der Waals surface area contributed by atoms with E-state index in [0.717, 1.165) is 5.56 Å². The van der Waals surface area contributed by atoms with Gasteiger partial charge < -0.3 is 9.84 Å². The Balaban J connectivity index is 1.95. The quantitative estimate of drug-likeness (QED) is 0.870. The Bertz CT molecular complexity index is 915. The third-order valence-electron chi connectivity index (χ3n) is 3.81. The van der Waals surface area contributed by atoms with Crippen molar-refractivity contribution in [3.05, 3.63) is 65.2 Å². The predicted octanol–water partition coefficient (Wildman–Crippen LogP) is 3.20. The molecule has 2 aromatic rings. The molecule has 0 unspecified atom stereocenters. The van der Waals surface area contributed by atoms with E-state index in [4.69, 9.17) is 9.84 Å². The molecule has 0 spiro atoms. The number of hydrogen-bond donors (Lipinski definition) is 1. The first-order valence-electron chi connectivity index (χ1n) is 7.59. The Morgan fingerprint density at radius 1 is 1.20 bits per heavy atom. The lowest BCUT2D eigenvalue weighted by Crippen LogP contribution is -2.21. The number of ether oxygens (including phenoxy) is 1. The Hall–Kier alpha value is -3.41. The van der Waals surface area contributed by atoms with E-state index in [2.05, 4.69) is 5.10 Å². The van der Waals surface area contributed by atoms with Crippen LogP contribution in [0.4, 0.5) is 5.69 Å². The van der Waals surface area contributed by atoms with Crippen LogP contribution in [-0.2, 0) is 4.79 Å². The largest absolute Gasteiger partial charge is 0.497 e. The first-order valence-corrected chi connectivity index (χ1v) is 7.59. The smallest absolute Gasteiger partial charge is 0.335 e. The zero-order chi connectivity index (χ0) is 18.0. The fourth-order valence-corrected chi connectivity index (χ4v) is 2.53. The minimum absolute atomic E-state index is 0.100. The summed E-state index contributed by atoms with van der Waals surface area (Å²) in [4.78, 5) is 23.8. The molecule has 0 saturated carbocycles. The molecule has 0 saturated heterocycles. The van der Waals surface area contributed by atoms with Gasteiger partial charge in [0.2, 0.25) is 0 Å². The molecule has 1 aliphatic heterocycles. The van der Waals surface area contributed by atoms with Gasteiger partial charge in [-0.2, -0.15) is 10.1 Å². The Labute approximate surface area is 144 Å². The minimum Gasteiger partial charge on any atom is -0.497 e. The molecule has 0 radical (unpaired) electrons. The van der Waals surface area contributed by atoms with E-state index >= 15 is 0 Å². The van der Waals surface area contributed by atoms with E-state index in [0.29, 0.717) is 22.7 Å². The molecule has 6 nitrogen and oxygen atoms in total. The Morgan fingerprint density at radius 3 is 2.68 bits per heavy atom. The second kappa shape index (κ2) is 6.60. The number of hydrogen-bond acceptors (Lipinski definition) is 4. The van der Waals surface area contributed by atoms with Crippen molar-refractivity contribution in [2.45, 2.75) is 6.92 Å². The first kappa shape index (κ1) is 16.4. The number of nitrogens with zero attached hydrogens (tertiary/aromatic N) is 2. The van der Waals surface area contributed by atoms with Crippen molar-refractivity contribution in [1.29, 1.82) is 0 Å². The molecule has 6 heteroatoms. The first-order chi connectivity index (χ1) is 12.0. The summed E-state index contributed by atoms with van der Waals surface area (Å²) in [5, 5.41) is 14.6. The molecule has 0 aromatic heterocycles. The van der Waals surface area contributed by atoms with Gasteiger partial charge in [0.05, 0.1) is 29.6 Å². The van der Waals surface area contributed by atoms with Crippen molar-refractivity contribution < 1.29 is 19.4 Å². The fourth-order valence-electron chi connectivity index (χ4n) is 2.53. The van der Waals surface area contributed by atoms with Crippen molar-refractivity contribution in [2.24, 2.45) is 5.10 Å². The summed E-state index contributed by atoms with van der Waals surface area (Å²) in [6, 6.07) is 13.5. The van der Waals surface area contributed by atoms with E-state index in [1.807, 2.05) is 24.3 Å². The number of carboxylic acids is 1. The third-order valence-corrected chi connectivity index (χ3v) is 3.81. The zero-order valence-corrected chi connectivity index (χ0v) is 13.8. The predicted molar refractivity (Wildman–Crippen MR) is 95.0 cm³/mol. The number of methoxy groups -OCH3 is 1. The van der Waals surface area contributed by atoms with Crippen LogP contribution < -0.4 is 9.75 Å². The van der Waals surface area contributed by atoms with E-state index in [1.165, 1.54) is 17.1 Å². The number of carboxylic acid groups (broad SMARTS) is 1. The molecule has 1 N–H and O–H groups in total. The van der Waals surface area contributed by atoms with Gasteiger partial charge in [-0.15, -0.1) is 0 Å². The average Bonchev–Trinajstić information content (AvgIpc) is 2.90. The van der Waals surface area contributed by atoms with Crippen LogP contribution in [0.3, 0.4) is 0 Å². The Kier molecular flexibility index (Phi) is 4.35. The van der Waals surface area contributed by atoms with E-state index in [9.17, 15) is 9.59 Å². The number of rotatable bonds is 4. The van der Waals surface area contributed by atoms with Crippen molar-refractivity contribution in [3.8, 4) is 5.75 Å². The highest BCUT2D eigenvalue weighted by molar-refractivity contribution is 6.32. The molecule has 126 valence electrons. The molecule has 0 atom stereocenters. The number of anilines is 1. The van der Waals surface area contributed by atoms with Gasteiger partial charge in [-0.1, -0.05) is 18.2 Å². The molecule has 1 aliphatic rings. The van der Waals surface area contributed by atoms with Crippen LogP contribution in [0, 0.1) is 0 Å². The second-order valence-electron chi connectivity index (χ2n) is 5.49. The summed E-state index contributed by atoms with van der Waals surface area (Å²) >= 11 is 0. The maximum atomic E-state index is 12.7. The number of amides is 1. The normalized spacial score (nSPS) is 15.4. The van der Waals surface area contributed by atoms with Gasteiger partial charge in [-0.25, -0.2) is 4.79 Å². The van der Waals surface area contributed by atoms with Gasteiger partial charge in [0.1, 0.15) is 5.75 Å². The van der Waals surface area contributed by atoms with Crippen LogP contribution in [0.2, 0.25) is 0 Å². The van der Waals surface area contributed by atoms with E-state index in [-0.39, 0.29) is 11.5 Å². The van der Waals surface area contributed by atoms with Gasteiger partial charge in [0.25, 0.3) is 5.91 Å². The average molecular weight is 336 g/mol. The topological polar surface area (TPSA) is 79.2 Å². The van der Waals surface area contributed by atoms with Crippen molar-refractivity contribution >= 4 is 29.4 Å². The molecule has 0 bridgehead atoms. The van der Waals surface area contributed by atoms with Crippen LogP contribution in [0.5, 0.6) is 5.75 Å². The van der Waals surface area contributed by atoms with Crippen LogP contribution >= 0.6 is 0 Å². The van der Waals surface area contributed by atoms with Gasteiger partial charge >= 0.3 is 5.97 Å². The van der Waals surface area contributed by atoms with Gasteiger partial charge in [-0.05, 0) is 48.9 Å². The molecule has 0 fully saturated rings. The lowest BCUT2D eigenvalue weighted by atomic mass is 10.1. The number of benzene rings is 2. The van der Waals surface area contributed by atoms with Gasteiger partial charge in [-0.3, -0.25) is 4.79 Å². The molecule has 3 rings (SSSR count). The highest BCUT2D eigenvalue weighted by Gasteiger charge is 2.29. The zero-order valence-electron chi connectivity index (χ0n) is 13.8. The maximum Gasteiger partial charge on any atom is 0.335 e. The summed E-state index contributed by atoms with van der Waals surface area (Å²) < 4.78 is 5.19. The van der Waals surface area contributed by atoms with Crippen LogP contribution in [-0.4, -0.2) is 29.8 Å². The summed E-state index contributed by atoms with van der Waals surface area (Å²) in [6.07, 6.45) is 1.74. The highest BCUT2D eigenvalue weighted by Crippen LogP contribution is 2.26. The lowest BCUT2D eigenvalue weighted by Gasteiger charge is -2.12. The van der Waals surface area contributed by atoms with Gasteiger partial charge in [0.15, 0.2) is 0 Å². The van der Waals surface area contributed by atoms with Crippen LogP contribution in [0.15, 0.2) is 59.2 Å². The fraction of sp³-hybridized carbons (Fsp3) is 0.105. The van der Waals surface area contributed by atoms with Crippen molar-refractivity contribution in [1.82, 2.24) is 0 Å². The molecular formula is C19H16N2O4. The summed E-state index contributed by atoms with van der Waals surface area (Å²) in [5.74, 6) is -0.662. The molecular weight excluding hydrogens is 320 g/mol. The van der Waals surface area contributed by atoms with E-state index in [1.54, 1.807) is 32.2 Å². The Morgan fingerprint density at radius 2 is 1.96 bits per heavy atom. The molecule has 1 amide bonds. The lowest BCUT2D eigenvalue weighted by molar-refractivity contribution is -0.114. The molecule has 2 aromatic carbocycles. The minimum atomic E-state index is -1.05. The van der Waals surface area contributed by atoms with Crippen molar-refractivity contribution in [2.75, 3.05) is 12.1 Å². The van der Waals surface area contributed by atoms with Crippen molar-refractivity contribution in [3.63, 3.8) is 0 Å². The number of hydrazone groups is 1. The third kappa shape index (κ3) is 3.28. The van der Waals surface area contributed by atoms with Crippen LogP contribution in [0.1, 0.15) is 22.8 Å². The standard InChI is InChI=1S/C19H16N2O4/c1-12-17(10-13-5-3-8-16(9-13)25-2)18(22)21(20-12)15-7-4-6-14(11-15)19(23)24/h3-11H,1-2H3,(H,23,24)/b17-10-. The van der Waals surface area contributed by atoms with Crippen LogP contribution in [0.25, 0.3) is 6.08 Å². The SMILES string of the molecule is COc1cccc(/C=C2\C(=O)N(c3cccc(C(=O)O)c3)N=C2C)c1. The number of carbonyl (C=O) groups excluding carboxylic acids is 1. The molecule has 25 heavy (non-hydrogen) atoms. The highest BCUT2D eigenvalue weighted by atomic mass is 16.5. The monoisotopic (exact) mass is 336 g/mol. The number of carbonyl (C=O) groups is 2.